The minimum Gasteiger partial charge on any atom is -0.321 e. The van der Waals surface area contributed by atoms with Gasteiger partial charge in [0.15, 0.2) is 12.4 Å². The number of hydrogen-bond acceptors (Lipinski definition) is 2. The monoisotopic (exact) mass is 387 g/mol. The molecule has 0 fully saturated rings. The van der Waals surface area contributed by atoms with Crippen LogP contribution < -0.4 is 15.2 Å². The first-order valence-corrected chi connectivity index (χ1v) is 7.08. The van der Waals surface area contributed by atoms with E-state index in [1.807, 2.05) is 32.0 Å². The fourth-order valence-corrected chi connectivity index (χ4v) is 2.25. The Balaban J connectivity index is 0.00000264. The number of amides is 2. The van der Waals surface area contributed by atoms with Crippen LogP contribution >= 0.6 is 0 Å². The minimum absolute atomic E-state index is 0. The molecule has 0 spiro atoms. The van der Waals surface area contributed by atoms with Crippen LogP contribution in [0.3, 0.4) is 0 Å². The van der Waals surface area contributed by atoms with Gasteiger partial charge in [0.1, 0.15) is 5.69 Å². The molecule has 0 bridgehead atoms. The number of anilines is 2. The first-order chi connectivity index (χ1) is 10.5. The molecule has 5 nitrogen and oxygen atoms in total. The second kappa shape index (κ2) is 8.89. The van der Waals surface area contributed by atoms with Gasteiger partial charge < -0.3 is 10.6 Å². The molecule has 117 valence electrons. The van der Waals surface area contributed by atoms with E-state index in [0.29, 0.717) is 5.69 Å². The van der Waals surface area contributed by atoms with Gasteiger partial charge in [-0.3, -0.25) is 9.59 Å². The molecule has 2 aromatic rings. The number of hydrogen-bond donors (Lipinski definition) is 2. The van der Waals surface area contributed by atoms with E-state index < -0.39 is 0 Å². The molecule has 23 heavy (non-hydrogen) atoms. The maximum Gasteiger partial charge on any atom is 0.290 e. The van der Waals surface area contributed by atoms with Crippen molar-refractivity contribution in [1.82, 2.24) is 0 Å². The number of para-hydroxylation sites is 1. The molecule has 1 aromatic carbocycles. The summed E-state index contributed by atoms with van der Waals surface area (Å²) in [6.45, 7) is 5.56. The van der Waals surface area contributed by atoms with Gasteiger partial charge in [-0.25, -0.2) is 0 Å². The van der Waals surface area contributed by atoms with E-state index in [1.165, 1.54) is 6.92 Å². The van der Waals surface area contributed by atoms with E-state index in [9.17, 15) is 9.59 Å². The van der Waals surface area contributed by atoms with Crippen LogP contribution in [-0.4, -0.2) is 11.8 Å². The number of carbonyl (C=O) groups excluding carboxylic acids is 2. The summed E-state index contributed by atoms with van der Waals surface area (Å²) in [5.41, 5.74) is 3.58. The molecule has 1 radical (unpaired) electrons. The Morgan fingerprint density at radius 1 is 1.04 bits per heavy atom. The van der Waals surface area contributed by atoms with Crippen molar-refractivity contribution < 1.29 is 46.9 Å². The van der Waals surface area contributed by atoms with E-state index >= 15 is 0 Å². The summed E-state index contributed by atoms with van der Waals surface area (Å²) in [7, 11) is 0. The fourth-order valence-electron chi connectivity index (χ4n) is 2.25. The van der Waals surface area contributed by atoms with Gasteiger partial charge in [0.05, 0.1) is 0 Å². The number of rotatable bonds is 4. The van der Waals surface area contributed by atoms with Crippen molar-refractivity contribution in [2.75, 3.05) is 10.6 Å². The van der Waals surface area contributed by atoms with Crippen LogP contribution in [0.5, 0.6) is 0 Å². The fraction of sp³-hybridized carbons (Fsp3) is 0.235. The molecular weight excluding hydrogens is 367 g/mol. The van der Waals surface area contributed by atoms with Crippen LogP contribution in [0.4, 0.5) is 11.4 Å². The molecule has 0 saturated heterocycles. The number of nitrogens with one attached hydrogen (secondary N) is 2. The standard InChI is InChI=1S/C17H19N3O2.Y/c1-12-6-4-7-13(2)17(12)19-16(22)11-20-9-5-8-15(10-20)18-14(3)21;/h4-10H,11H2,1-3H3,(H-,18,19,21,22);/p+1. The van der Waals surface area contributed by atoms with Crippen LogP contribution in [0.15, 0.2) is 42.7 Å². The molecule has 0 atom stereocenters. The zero-order valence-corrected chi connectivity index (χ0v) is 16.4. The van der Waals surface area contributed by atoms with Crippen molar-refractivity contribution in [3.63, 3.8) is 0 Å². The summed E-state index contributed by atoms with van der Waals surface area (Å²) in [5.74, 6) is -0.250. The second-order valence-corrected chi connectivity index (χ2v) is 5.26. The molecule has 0 aliphatic carbocycles. The third-order valence-corrected chi connectivity index (χ3v) is 3.25. The van der Waals surface area contributed by atoms with Crippen LogP contribution in [0.25, 0.3) is 0 Å². The molecule has 0 aliphatic heterocycles. The molecule has 1 heterocycles. The average Bonchev–Trinajstić information content (AvgIpc) is 2.42. The maximum absolute atomic E-state index is 12.2. The Bertz CT molecular complexity index is 696. The molecule has 2 amide bonds. The van der Waals surface area contributed by atoms with Crippen molar-refractivity contribution in [3.05, 3.63) is 53.9 Å². The largest absolute Gasteiger partial charge is 0.321 e. The van der Waals surface area contributed by atoms with Gasteiger partial charge in [0.25, 0.3) is 5.91 Å². The number of aryl methyl sites for hydroxylation is 2. The van der Waals surface area contributed by atoms with E-state index in [1.54, 1.807) is 29.1 Å². The first kappa shape index (κ1) is 19.5. The zero-order chi connectivity index (χ0) is 16.1. The van der Waals surface area contributed by atoms with Crippen molar-refractivity contribution in [1.29, 1.82) is 0 Å². The predicted octanol–water partition coefficient (Wildman–Crippen LogP) is 2.19. The van der Waals surface area contributed by atoms with Gasteiger partial charge in [-0.05, 0) is 31.0 Å². The maximum atomic E-state index is 12.2. The molecule has 2 rings (SSSR count). The quantitative estimate of drug-likeness (QED) is 0.791. The van der Waals surface area contributed by atoms with Gasteiger partial charge in [-0.1, -0.05) is 18.2 Å². The summed E-state index contributed by atoms with van der Waals surface area (Å²) >= 11 is 0. The summed E-state index contributed by atoms with van der Waals surface area (Å²) in [6.07, 6.45) is 3.52. The molecular formula is C17H20N3O2Y+. The number of aromatic nitrogens is 1. The van der Waals surface area contributed by atoms with Gasteiger partial charge in [-0.2, -0.15) is 4.57 Å². The average molecular weight is 387 g/mol. The van der Waals surface area contributed by atoms with Crippen LogP contribution in [0, 0.1) is 13.8 Å². The number of carbonyl (C=O) groups is 2. The Hall–Kier alpha value is -1.59. The topological polar surface area (TPSA) is 62.1 Å². The minimum atomic E-state index is -0.141. The SMILES string of the molecule is CC(=O)Nc1ccc[n+](CC(=O)Nc2c(C)cccc2C)c1.[Y]. The Labute approximate surface area is 161 Å². The molecule has 0 unspecified atom stereocenters. The number of pyridine rings is 1. The molecule has 0 saturated carbocycles. The third-order valence-electron chi connectivity index (χ3n) is 3.25. The van der Waals surface area contributed by atoms with Crippen molar-refractivity contribution >= 4 is 23.2 Å². The first-order valence-electron chi connectivity index (χ1n) is 7.08. The van der Waals surface area contributed by atoms with Crippen LogP contribution in [0.2, 0.25) is 0 Å². The smallest absolute Gasteiger partial charge is 0.290 e. The normalized spacial score (nSPS) is 9.70. The predicted molar refractivity (Wildman–Crippen MR) is 85.5 cm³/mol. The third kappa shape index (κ3) is 5.84. The van der Waals surface area contributed by atoms with E-state index in [-0.39, 0.29) is 51.1 Å². The van der Waals surface area contributed by atoms with Gasteiger partial charge >= 0.3 is 0 Å². The number of benzene rings is 1. The Morgan fingerprint density at radius 3 is 2.30 bits per heavy atom. The summed E-state index contributed by atoms with van der Waals surface area (Å²) in [4.78, 5) is 23.3. The number of nitrogens with zero attached hydrogens (tertiary/aromatic N) is 1. The van der Waals surface area contributed by atoms with Gasteiger partial charge in [0, 0.05) is 51.4 Å². The van der Waals surface area contributed by atoms with Gasteiger partial charge in [0.2, 0.25) is 12.5 Å². The van der Waals surface area contributed by atoms with E-state index in [0.717, 1.165) is 16.8 Å². The molecule has 1 aromatic heterocycles. The molecule has 6 heteroatoms. The van der Waals surface area contributed by atoms with Crippen molar-refractivity contribution in [2.24, 2.45) is 0 Å². The summed E-state index contributed by atoms with van der Waals surface area (Å²) < 4.78 is 1.73. The van der Waals surface area contributed by atoms with E-state index in [2.05, 4.69) is 10.6 Å². The second-order valence-electron chi connectivity index (χ2n) is 5.26. The van der Waals surface area contributed by atoms with Gasteiger partial charge in [-0.15, -0.1) is 0 Å². The molecule has 0 aliphatic rings. The Kier molecular flexibility index (Phi) is 7.52. The van der Waals surface area contributed by atoms with Crippen LogP contribution in [0.1, 0.15) is 18.1 Å². The van der Waals surface area contributed by atoms with Crippen LogP contribution in [-0.2, 0) is 48.8 Å². The van der Waals surface area contributed by atoms with Crippen molar-refractivity contribution in [3.8, 4) is 0 Å². The molecule has 2 N–H and O–H groups in total. The van der Waals surface area contributed by atoms with E-state index in [4.69, 9.17) is 0 Å². The summed E-state index contributed by atoms with van der Waals surface area (Å²) in [6, 6.07) is 9.46. The zero-order valence-electron chi connectivity index (χ0n) is 13.6. The van der Waals surface area contributed by atoms with Crippen molar-refractivity contribution in [2.45, 2.75) is 27.3 Å². The Morgan fingerprint density at radius 2 is 1.70 bits per heavy atom. The summed E-state index contributed by atoms with van der Waals surface area (Å²) in [5, 5.41) is 5.63.